The first kappa shape index (κ1) is 18.6. The molecule has 2 aromatic heterocycles. The number of amides is 2. The SMILES string of the molecule is CS(=O)(=O)c1ccccc1-n1cc(NC(=O)NCCCn2ccnc2)cn1. The molecule has 10 heteroatoms. The van der Waals surface area contributed by atoms with E-state index in [0.29, 0.717) is 17.9 Å². The lowest BCUT2D eigenvalue weighted by Gasteiger charge is -2.08. The number of anilines is 1. The molecular weight excluding hydrogens is 368 g/mol. The van der Waals surface area contributed by atoms with Crippen LogP contribution in [0.4, 0.5) is 10.5 Å². The lowest BCUT2D eigenvalue weighted by molar-refractivity contribution is 0.252. The van der Waals surface area contributed by atoms with E-state index in [1.165, 1.54) is 16.9 Å². The van der Waals surface area contributed by atoms with Crippen molar-refractivity contribution in [1.82, 2.24) is 24.6 Å². The van der Waals surface area contributed by atoms with Gasteiger partial charge in [-0.05, 0) is 18.6 Å². The first-order valence-electron chi connectivity index (χ1n) is 8.28. The Bertz CT molecular complexity index is 1010. The van der Waals surface area contributed by atoms with Gasteiger partial charge in [0.15, 0.2) is 9.84 Å². The number of carbonyl (C=O) groups excluding carboxylic acids is 1. The number of nitrogens with one attached hydrogen (secondary N) is 2. The molecule has 27 heavy (non-hydrogen) atoms. The molecule has 142 valence electrons. The van der Waals surface area contributed by atoms with Crippen LogP contribution in [0.1, 0.15) is 6.42 Å². The van der Waals surface area contributed by atoms with Crippen molar-refractivity contribution >= 4 is 21.6 Å². The number of urea groups is 1. The topological polar surface area (TPSA) is 111 Å². The van der Waals surface area contributed by atoms with Crippen LogP contribution in [0.25, 0.3) is 5.69 Å². The van der Waals surface area contributed by atoms with Crippen molar-refractivity contribution in [2.45, 2.75) is 17.9 Å². The summed E-state index contributed by atoms with van der Waals surface area (Å²) >= 11 is 0. The number of imidazole rings is 1. The number of hydrogen-bond acceptors (Lipinski definition) is 5. The van der Waals surface area contributed by atoms with E-state index in [2.05, 4.69) is 20.7 Å². The largest absolute Gasteiger partial charge is 0.338 e. The van der Waals surface area contributed by atoms with Crippen LogP contribution in [-0.4, -0.2) is 46.6 Å². The zero-order valence-corrected chi connectivity index (χ0v) is 15.6. The fraction of sp³-hybridized carbons (Fsp3) is 0.235. The fourth-order valence-corrected chi connectivity index (χ4v) is 3.40. The molecule has 2 heterocycles. The van der Waals surface area contributed by atoms with E-state index < -0.39 is 9.84 Å². The first-order chi connectivity index (χ1) is 12.9. The number of sulfone groups is 1. The quantitative estimate of drug-likeness (QED) is 0.598. The summed E-state index contributed by atoms with van der Waals surface area (Å²) < 4.78 is 27.2. The van der Waals surface area contributed by atoms with E-state index in [1.807, 2.05) is 10.8 Å². The molecule has 1 aromatic carbocycles. The standard InChI is InChI=1S/C17H20N6O3S/c1-27(25,26)16-6-3-2-5-15(16)23-12-14(11-20-23)21-17(24)19-7-4-9-22-10-8-18-13-22/h2-3,5-6,8,10-13H,4,7,9H2,1H3,(H2,19,21,24). The van der Waals surface area contributed by atoms with Gasteiger partial charge in [-0.25, -0.2) is 22.9 Å². The molecule has 0 aliphatic rings. The van der Waals surface area contributed by atoms with E-state index in [0.717, 1.165) is 19.2 Å². The van der Waals surface area contributed by atoms with Gasteiger partial charge in [-0.15, -0.1) is 0 Å². The van der Waals surface area contributed by atoms with Gasteiger partial charge >= 0.3 is 6.03 Å². The summed E-state index contributed by atoms with van der Waals surface area (Å²) in [5.74, 6) is 0. The first-order valence-corrected chi connectivity index (χ1v) is 10.2. The minimum Gasteiger partial charge on any atom is -0.338 e. The number of rotatable bonds is 7. The van der Waals surface area contributed by atoms with Crippen molar-refractivity contribution in [3.8, 4) is 5.69 Å². The molecule has 0 saturated heterocycles. The summed E-state index contributed by atoms with van der Waals surface area (Å²) in [6, 6.07) is 6.21. The number of para-hydroxylation sites is 1. The van der Waals surface area contributed by atoms with Gasteiger partial charge in [0.25, 0.3) is 0 Å². The summed E-state index contributed by atoms with van der Waals surface area (Å²) in [6.45, 7) is 1.27. The van der Waals surface area contributed by atoms with E-state index >= 15 is 0 Å². The number of carbonyl (C=O) groups is 1. The molecule has 9 nitrogen and oxygen atoms in total. The maximum Gasteiger partial charge on any atom is 0.319 e. The average Bonchev–Trinajstić information content (AvgIpc) is 3.30. The predicted molar refractivity (Wildman–Crippen MR) is 101 cm³/mol. The van der Waals surface area contributed by atoms with Crippen molar-refractivity contribution in [3.05, 3.63) is 55.4 Å². The van der Waals surface area contributed by atoms with Crippen LogP contribution in [0.2, 0.25) is 0 Å². The highest BCUT2D eigenvalue weighted by Gasteiger charge is 2.15. The van der Waals surface area contributed by atoms with Crippen LogP contribution >= 0.6 is 0 Å². The van der Waals surface area contributed by atoms with E-state index in [4.69, 9.17) is 0 Å². The molecule has 2 amide bonds. The zero-order chi connectivity index (χ0) is 19.3. The van der Waals surface area contributed by atoms with Crippen LogP contribution in [0.3, 0.4) is 0 Å². The molecule has 0 saturated carbocycles. The molecule has 0 fully saturated rings. The monoisotopic (exact) mass is 388 g/mol. The molecular formula is C17H20N6O3S. The molecule has 0 spiro atoms. The molecule has 2 N–H and O–H groups in total. The Labute approximate surface area is 157 Å². The van der Waals surface area contributed by atoms with Gasteiger partial charge in [0.2, 0.25) is 0 Å². The molecule has 0 atom stereocenters. The Morgan fingerprint density at radius 2 is 2.07 bits per heavy atom. The van der Waals surface area contributed by atoms with Crippen LogP contribution in [0, 0.1) is 0 Å². The van der Waals surface area contributed by atoms with Gasteiger partial charge in [0, 0.05) is 31.7 Å². The number of benzene rings is 1. The Morgan fingerprint density at radius 1 is 1.26 bits per heavy atom. The number of aromatic nitrogens is 4. The van der Waals surface area contributed by atoms with Gasteiger partial charge < -0.3 is 15.2 Å². The second kappa shape index (κ2) is 8.04. The fourth-order valence-electron chi connectivity index (χ4n) is 2.54. The van der Waals surface area contributed by atoms with Crippen LogP contribution in [-0.2, 0) is 16.4 Å². The van der Waals surface area contributed by atoms with Crippen molar-refractivity contribution in [2.24, 2.45) is 0 Å². The molecule has 0 bridgehead atoms. The van der Waals surface area contributed by atoms with Crippen molar-refractivity contribution in [3.63, 3.8) is 0 Å². The molecule has 0 unspecified atom stereocenters. The van der Waals surface area contributed by atoms with Crippen LogP contribution < -0.4 is 10.6 Å². The molecule has 0 aliphatic heterocycles. The minimum atomic E-state index is -3.40. The maximum atomic E-state index is 12.0. The molecule has 0 aliphatic carbocycles. The third-order valence-corrected chi connectivity index (χ3v) is 4.93. The summed E-state index contributed by atoms with van der Waals surface area (Å²) in [5.41, 5.74) is 0.888. The molecule has 0 radical (unpaired) electrons. The summed E-state index contributed by atoms with van der Waals surface area (Å²) in [6.07, 6.45) is 10.2. The number of nitrogens with zero attached hydrogens (tertiary/aromatic N) is 4. The summed E-state index contributed by atoms with van der Waals surface area (Å²) in [7, 11) is -3.40. The Kier molecular flexibility index (Phi) is 5.55. The van der Waals surface area contributed by atoms with Crippen LogP contribution in [0.5, 0.6) is 0 Å². The highest BCUT2D eigenvalue weighted by atomic mass is 32.2. The third-order valence-electron chi connectivity index (χ3n) is 3.79. The minimum absolute atomic E-state index is 0.170. The van der Waals surface area contributed by atoms with Gasteiger partial charge in [-0.3, -0.25) is 0 Å². The van der Waals surface area contributed by atoms with E-state index in [-0.39, 0.29) is 10.9 Å². The summed E-state index contributed by atoms with van der Waals surface area (Å²) in [4.78, 5) is 16.1. The normalized spacial score (nSPS) is 11.3. The Hall–Kier alpha value is -3.14. The lowest BCUT2D eigenvalue weighted by atomic mass is 10.3. The highest BCUT2D eigenvalue weighted by Crippen LogP contribution is 2.20. The van der Waals surface area contributed by atoms with Gasteiger partial charge in [0.05, 0.1) is 35.0 Å². The van der Waals surface area contributed by atoms with E-state index in [9.17, 15) is 13.2 Å². The van der Waals surface area contributed by atoms with Crippen molar-refractivity contribution in [1.29, 1.82) is 0 Å². The highest BCUT2D eigenvalue weighted by molar-refractivity contribution is 7.90. The lowest BCUT2D eigenvalue weighted by Crippen LogP contribution is -2.29. The van der Waals surface area contributed by atoms with E-state index in [1.54, 1.807) is 36.9 Å². The zero-order valence-electron chi connectivity index (χ0n) is 14.7. The Morgan fingerprint density at radius 3 is 2.81 bits per heavy atom. The van der Waals surface area contributed by atoms with Gasteiger partial charge in [-0.2, -0.15) is 5.10 Å². The second-order valence-electron chi connectivity index (χ2n) is 5.95. The van der Waals surface area contributed by atoms with Crippen molar-refractivity contribution < 1.29 is 13.2 Å². The smallest absolute Gasteiger partial charge is 0.319 e. The molecule has 3 aromatic rings. The average molecular weight is 388 g/mol. The predicted octanol–water partition coefficient (Wildman–Crippen LogP) is 1.68. The van der Waals surface area contributed by atoms with Gasteiger partial charge in [-0.1, -0.05) is 12.1 Å². The summed E-state index contributed by atoms with van der Waals surface area (Å²) in [5, 5.41) is 9.59. The number of aryl methyl sites for hydroxylation is 1. The maximum absolute atomic E-state index is 12.0. The van der Waals surface area contributed by atoms with Crippen molar-refractivity contribution in [2.75, 3.05) is 18.1 Å². The van der Waals surface area contributed by atoms with Crippen LogP contribution in [0.15, 0.2) is 60.3 Å². The second-order valence-corrected chi connectivity index (χ2v) is 7.93. The third kappa shape index (κ3) is 4.94. The molecule has 3 rings (SSSR count). The van der Waals surface area contributed by atoms with Gasteiger partial charge in [0.1, 0.15) is 0 Å². The number of hydrogen-bond donors (Lipinski definition) is 2. The Balaban J connectivity index is 1.57.